The zero-order valence-corrected chi connectivity index (χ0v) is 21.4. The molecule has 1 fully saturated rings. The van der Waals surface area contributed by atoms with Gasteiger partial charge < -0.3 is 14.1 Å². The summed E-state index contributed by atoms with van der Waals surface area (Å²) in [6.45, 7) is 11.6. The maximum atomic E-state index is 13.3. The van der Waals surface area contributed by atoms with Crippen LogP contribution in [0.5, 0.6) is 0 Å². The average Bonchev–Trinajstić information content (AvgIpc) is 3.38. The summed E-state index contributed by atoms with van der Waals surface area (Å²) in [4.78, 5) is 14.4. The molecule has 7 nitrogen and oxygen atoms in total. The maximum Gasteiger partial charge on any atom is 0.410 e. The highest BCUT2D eigenvalue weighted by Gasteiger charge is 2.30. The fourth-order valence-electron chi connectivity index (χ4n) is 3.79. The van der Waals surface area contributed by atoms with Crippen molar-refractivity contribution in [2.45, 2.75) is 65.2 Å². The van der Waals surface area contributed by atoms with E-state index in [0.29, 0.717) is 38.5 Å². The van der Waals surface area contributed by atoms with Crippen molar-refractivity contribution in [3.63, 3.8) is 0 Å². The number of sulfonamides is 1. The molecule has 1 amide bonds. The second-order valence-corrected chi connectivity index (χ2v) is 12.5. The summed E-state index contributed by atoms with van der Waals surface area (Å²) in [5.74, 6) is 0.675. The Morgan fingerprint density at radius 2 is 1.91 bits per heavy atom. The van der Waals surface area contributed by atoms with E-state index in [-0.39, 0.29) is 17.8 Å². The van der Waals surface area contributed by atoms with Gasteiger partial charge in [0.05, 0.1) is 12.0 Å². The molecule has 0 bridgehead atoms. The topological polar surface area (TPSA) is 80.1 Å². The third-order valence-electron chi connectivity index (χ3n) is 5.49. The lowest BCUT2D eigenvalue weighted by atomic mass is 10.2. The van der Waals surface area contributed by atoms with E-state index in [4.69, 9.17) is 9.15 Å². The predicted octanol–water partition coefficient (Wildman–Crippen LogP) is 5.26. The van der Waals surface area contributed by atoms with Gasteiger partial charge in [0.2, 0.25) is 10.0 Å². The zero-order chi connectivity index (χ0) is 24.2. The molecule has 1 aliphatic rings. The van der Waals surface area contributed by atoms with Crippen molar-refractivity contribution in [2.75, 3.05) is 26.2 Å². The van der Waals surface area contributed by atoms with E-state index in [1.807, 2.05) is 52.8 Å². The molecule has 0 atom stereocenters. The van der Waals surface area contributed by atoms with Gasteiger partial charge in [0, 0.05) is 31.6 Å². The van der Waals surface area contributed by atoms with Gasteiger partial charge in [-0.15, -0.1) is 0 Å². The van der Waals surface area contributed by atoms with Crippen LogP contribution < -0.4 is 0 Å². The summed E-state index contributed by atoms with van der Waals surface area (Å²) in [6, 6.07) is 7.31. The third kappa shape index (κ3) is 8.03. The monoisotopic (exact) mass is 478 g/mol. The lowest BCUT2D eigenvalue weighted by Gasteiger charge is -2.29. The van der Waals surface area contributed by atoms with E-state index in [0.717, 1.165) is 29.4 Å². The van der Waals surface area contributed by atoms with Crippen LogP contribution in [-0.2, 0) is 20.5 Å². The molecule has 0 unspecified atom stereocenters. The maximum absolute atomic E-state index is 13.3. The molecule has 0 spiro atoms. The van der Waals surface area contributed by atoms with Crippen LogP contribution in [0.4, 0.5) is 4.79 Å². The van der Waals surface area contributed by atoms with Crippen LogP contribution in [0.1, 0.15) is 59.4 Å². The van der Waals surface area contributed by atoms with E-state index in [1.54, 1.807) is 21.5 Å². The molecule has 0 radical (unpaired) electrons. The van der Waals surface area contributed by atoms with Crippen LogP contribution in [0.2, 0.25) is 0 Å². The van der Waals surface area contributed by atoms with Crippen molar-refractivity contribution in [3.05, 3.63) is 36.1 Å². The molecule has 1 aliphatic carbocycles. The number of hydrogen-bond acceptors (Lipinski definition) is 5. The van der Waals surface area contributed by atoms with Gasteiger partial charge in [-0.05, 0) is 75.6 Å². The van der Waals surface area contributed by atoms with Gasteiger partial charge in [0.25, 0.3) is 0 Å². The van der Waals surface area contributed by atoms with Gasteiger partial charge in [-0.1, -0.05) is 19.9 Å². The first-order valence-electron chi connectivity index (χ1n) is 11.8. The van der Waals surface area contributed by atoms with Gasteiger partial charge in [-0.3, -0.25) is 0 Å². The fraction of sp³-hybridized carbons (Fsp3) is 0.640. The lowest BCUT2D eigenvalue weighted by molar-refractivity contribution is 0.0236. The van der Waals surface area contributed by atoms with Crippen molar-refractivity contribution < 1.29 is 22.4 Å². The summed E-state index contributed by atoms with van der Waals surface area (Å²) in [5.41, 5.74) is 0.928. The first-order valence-corrected chi connectivity index (χ1v) is 13.5. The van der Waals surface area contributed by atoms with Crippen molar-refractivity contribution in [1.82, 2.24) is 9.21 Å². The Morgan fingerprint density at radius 1 is 1.18 bits per heavy atom. The van der Waals surface area contributed by atoms with Gasteiger partial charge in [-0.2, -0.15) is 0 Å². The van der Waals surface area contributed by atoms with Crippen LogP contribution in [-0.4, -0.2) is 55.5 Å². The summed E-state index contributed by atoms with van der Waals surface area (Å²) in [6.07, 6.45) is 4.12. The van der Waals surface area contributed by atoms with Crippen molar-refractivity contribution in [2.24, 2.45) is 11.8 Å². The van der Waals surface area contributed by atoms with Crippen LogP contribution in [0.15, 0.2) is 34.9 Å². The Bertz CT molecular complexity index is 1030. The number of carbonyl (C=O) groups excluding carboxylic acids is 1. The zero-order valence-electron chi connectivity index (χ0n) is 20.5. The fourth-order valence-corrected chi connectivity index (χ4v) is 5.51. The summed E-state index contributed by atoms with van der Waals surface area (Å²) >= 11 is 0. The highest BCUT2D eigenvalue weighted by Crippen LogP contribution is 2.30. The number of rotatable bonds is 11. The largest absolute Gasteiger partial charge is 0.464 e. The molecule has 2 aromatic rings. The van der Waals surface area contributed by atoms with Crippen molar-refractivity contribution in [3.8, 4) is 0 Å². The third-order valence-corrected chi connectivity index (χ3v) is 7.31. The average molecular weight is 479 g/mol. The normalized spacial score (nSPS) is 14.9. The van der Waals surface area contributed by atoms with Crippen LogP contribution >= 0.6 is 0 Å². The molecule has 1 saturated carbocycles. The number of carbonyl (C=O) groups is 1. The molecular formula is C25H38N2O5S. The first-order chi connectivity index (χ1) is 15.4. The molecule has 3 rings (SSSR count). The van der Waals surface area contributed by atoms with Crippen molar-refractivity contribution >= 4 is 27.1 Å². The number of benzene rings is 1. The van der Waals surface area contributed by atoms with Gasteiger partial charge >= 0.3 is 6.09 Å². The second kappa shape index (κ2) is 10.5. The molecule has 184 valence electrons. The Labute approximate surface area is 198 Å². The smallest absolute Gasteiger partial charge is 0.410 e. The molecule has 1 heterocycles. The second-order valence-electron chi connectivity index (χ2n) is 10.5. The molecule has 8 heteroatoms. The van der Waals surface area contributed by atoms with Gasteiger partial charge in [0.1, 0.15) is 11.2 Å². The number of ether oxygens (including phenoxy) is 1. The van der Waals surface area contributed by atoms with Crippen molar-refractivity contribution in [1.29, 1.82) is 0 Å². The summed E-state index contributed by atoms with van der Waals surface area (Å²) in [5, 5.41) is 0.895. The first kappa shape index (κ1) is 25.6. The Morgan fingerprint density at radius 3 is 2.55 bits per heavy atom. The molecule has 0 saturated heterocycles. The van der Waals surface area contributed by atoms with Crippen LogP contribution in [0.25, 0.3) is 11.0 Å². The van der Waals surface area contributed by atoms with E-state index in [9.17, 15) is 13.2 Å². The lowest BCUT2D eigenvalue weighted by Crippen LogP contribution is -2.41. The number of hydrogen-bond donors (Lipinski definition) is 0. The summed E-state index contributed by atoms with van der Waals surface area (Å²) in [7, 11) is -3.51. The Kier molecular flexibility index (Phi) is 8.11. The van der Waals surface area contributed by atoms with E-state index in [1.165, 1.54) is 0 Å². The van der Waals surface area contributed by atoms with Crippen LogP contribution in [0.3, 0.4) is 0 Å². The van der Waals surface area contributed by atoms with Gasteiger partial charge in [-0.25, -0.2) is 17.5 Å². The summed E-state index contributed by atoms with van der Waals surface area (Å²) < 4.78 is 39.1. The Balaban J connectivity index is 1.64. The van der Waals surface area contributed by atoms with E-state index < -0.39 is 15.6 Å². The number of furan rings is 1. The minimum absolute atomic E-state index is 0.0569. The highest BCUT2D eigenvalue weighted by molar-refractivity contribution is 7.88. The quantitative estimate of drug-likeness (QED) is 0.440. The number of nitrogens with zero attached hydrogens (tertiary/aromatic N) is 2. The molecular weight excluding hydrogens is 440 g/mol. The number of fused-ring (bicyclic) bond motifs is 1. The highest BCUT2D eigenvalue weighted by atomic mass is 32.2. The Hall–Kier alpha value is -2.06. The standard InChI is InChI=1S/C25H38N2O5S/c1-19(2)16-27(33(29,30)18-21-9-10-23-22(15-21)11-14-31-23)13-6-12-26(17-20-7-8-20)24(28)32-25(3,4)5/h9-11,14-15,19-20H,6-8,12-13,16-18H2,1-5H3. The minimum atomic E-state index is -3.51. The molecule has 33 heavy (non-hydrogen) atoms. The van der Waals surface area contributed by atoms with E-state index in [2.05, 4.69) is 0 Å². The molecule has 1 aromatic heterocycles. The van der Waals surface area contributed by atoms with E-state index >= 15 is 0 Å². The van der Waals surface area contributed by atoms with Gasteiger partial charge in [0.15, 0.2) is 0 Å². The SMILES string of the molecule is CC(C)CN(CCCN(CC1CC1)C(=O)OC(C)(C)C)S(=O)(=O)Cc1ccc2occc2c1. The molecule has 0 aliphatic heterocycles. The minimum Gasteiger partial charge on any atom is -0.464 e. The molecule has 0 N–H and O–H groups in total. The predicted molar refractivity (Wildman–Crippen MR) is 130 cm³/mol. The molecule has 1 aromatic carbocycles. The number of amides is 1. The van der Waals surface area contributed by atoms with Crippen LogP contribution in [0, 0.1) is 11.8 Å².